The number of ether oxygens (including phenoxy) is 2. The standard InChI is InChI=1S/C22H22N2O3/c25-22(18-13-15-5-1-2-6-17(15)23-18)24-10-3-7-19(24)16-8-9-20-21(14-16)27-12-4-11-26-20/h1-2,5-6,8-9,13-14,19,23H,3-4,7,10-12H2. The number of aromatic nitrogens is 1. The van der Waals surface area contributed by atoms with Gasteiger partial charge in [0.05, 0.1) is 19.3 Å². The summed E-state index contributed by atoms with van der Waals surface area (Å²) >= 11 is 0. The molecule has 1 unspecified atom stereocenters. The van der Waals surface area contributed by atoms with Crippen LogP contribution in [0.15, 0.2) is 48.5 Å². The van der Waals surface area contributed by atoms with E-state index in [9.17, 15) is 4.79 Å². The fraction of sp³-hybridized carbons (Fsp3) is 0.318. The highest BCUT2D eigenvalue weighted by Gasteiger charge is 2.32. The second-order valence-corrected chi connectivity index (χ2v) is 7.18. The van der Waals surface area contributed by atoms with Crippen molar-refractivity contribution in [2.45, 2.75) is 25.3 Å². The van der Waals surface area contributed by atoms with Crippen molar-refractivity contribution in [2.24, 2.45) is 0 Å². The number of amides is 1. The number of benzene rings is 2. The molecule has 3 aromatic rings. The van der Waals surface area contributed by atoms with Crippen LogP contribution in [0.25, 0.3) is 10.9 Å². The van der Waals surface area contributed by atoms with Gasteiger partial charge in [0.1, 0.15) is 5.69 Å². The summed E-state index contributed by atoms with van der Waals surface area (Å²) in [5.41, 5.74) is 2.76. The van der Waals surface area contributed by atoms with Crippen LogP contribution in [0.2, 0.25) is 0 Å². The van der Waals surface area contributed by atoms with Crippen molar-refractivity contribution in [2.75, 3.05) is 19.8 Å². The van der Waals surface area contributed by atoms with E-state index in [1.807, 2.05) is 47.4 Å². The van der Waals surface area contributed by atoms with E-state index in [4.69, 9.17) is 9.47 Å². The molecule has 2 aliphatic rings. The minimum absolute atomic E-state index is 0.0563. The number of rotatable bonds is 2. The van der Waals surface area contributed by atoms with Crippen molar-refractivity contribution in [1.29, 1.82) is 0 Å². The Hall–Kier alpha value is -2.95. The molecule has 0 radical (unpaired) electrons. The summed E-state index contributed by atoms with van der Waals surface area (Å²) in [6.45, 7) is 2.12. The lowest BCUT2D eigenvalue weighted by Crippen LogP contribution is -2.30. The van der Waals surface area contributed by atoms with Crippen LogP contribution < -0.4 is 9.47 Å². The molecule has 27 heavy (non-hydrogen) atoms. The molecular weight excluding hydrogens is 340 g/mol. The van der Waals surface area contributed by atoms with Crippen molar-refractivity contribution in [3.63, 3.8) is 0 Å². The van der Waals surface area contributed by atoms with Crippen LogP contribution in [0.3, 0.4) is 0 Å². The first-order valence-corrected chi connectivity index (χ1v) is 9.58. The number of hydrogen-bond donors (Lipinski definition) is 1. The minimum atomic E-state index is 0.0563. The van der Waals surface area contributed by atoms with E-state index in [2.05, 4.69) is 11.1 Å². The molecule has 1 N–H and O–H groups in total. The molecule has 138 valence electrons. The molecule has 1 amide bonds. The monoisotopic (exact) mass is 362 g/mol. The van der Waals surface area contributed by atoms with Gasteiger partial charge in [0, 0.05) is 23.9 Å². The second kappa shape index (κ2) is 6.65. The van der Waals surface area contributed by atoms with Gasteiger partial charge in [-0.25, -0.2) is 0 Å². The first kappa shape index (κ1) is 16.2. The smallest absolute Gasteiger partial charge is 0.270 e. The molecule has 0 spiro atoms. The predicted molar refractivity (Wildman–Crippen MR) is 103 cm³/mol. The van der Waals surface area contributed by atoms with E-state index in [0.29, 0.717) is 18.9 Å². The van der Waals surface area contributed by atoms with Gasteiger partial charge in [0.15, 0.2) is 11.5 Å². The maximum Gasteiger partial charge on any atom is 0.270 e. The number of carbonyl (C=O) groups excluding carboxylic acids is 1. The Bertz CT molecular complexity index is 961. The molecule has 0 bridgehead atoms. The molecule has 5 nitrogen and oxygen atoms in total. The summed E-state index contributed by atoms with van der Waals surface area (Å²) in [6, 6.07) is 16.1. The maximum absolute atomic E-state index is 13.2. The summed E-state index contributed by atoms with van der Waals surface area (Å²) in [5, 5.41) is 1.06. The summed E-state index contributed by atoms with van der Waals surface area (Å²) < 4.78 is 11.6. The molecule has 0 aliphatic carbocycles. The summed E-state index contributed by atoms with van der Waals surface area (Å²) in [5.74, 6) is 1.64. The third-order valence-electron chi connectivity index (χ3n) is 5.43. The van der Waals surface area contributed by atoms with Crippen molar-refractivity contribution in [3.05, 3.63) is 59.8 Å². The van der Waals surface area contributed by atoms with Crippen LogP contribution in [0.4, 0.5) is 0 Å². The van der Waals surface area contributed by atoms with E-state index in [0.717, 1.165) is 53.8 Å². The van der Waals surface area contributed by atoms with Gasteiger partial charge in [-0.3, -0.25) is 4.79 Å². The van der Waals surface area contributed by atoms with Gasteiger partial charge >= 0.3 is 0 Å². The van der Waals surface area contributed by atoms with Gasteiger partial charge in [-0.2, -0.15) is 0 Å². The molecule has 2 aromatic carbocycles. The second-order valence-electron chi connectivity index (χ2n) is 7.18. The number of aromatic amines is 1. The topological polar surface area (TPSA) is 54.6 Å². The SMILES string of the molecule is O=C(c1cc2ccccc2[nH]1)N1CCCC1c1ccc2c(c1)OCCCO2. The Balaban J connectivity index is 1.44. The third-order valence-corrected chi connectivity index (χ3v) is 5.43. The van der Waals surface area contributed by atoms with Crippen LogP contribution >= 0.6 is 0 Å². The van der Waals surface area contributed by atoms with Crippen LogP contribution in [0.1, 0.15) is 41.4 Å². The minimum Gasteiger partial charge on any atom is -0.490 e. The molecule has 5 rings (SSSR count). The van der Waals surface area contributed by atoms with E-state index in [-0.39, 0.29) is 11.9 Å². The molecule has 1 saturated heterocycles. The van der Waals surface area contributed by atoms with E-state index in [1.54, 1.807) is 0 Å². The van der Waals surface area contributed by atoms with Gasteiger partial charge < -0.3 is 19.4 Å². The van der Waals surface area contributed by atoms with E-state index < -0.39 is 0 Å². The Morgan fingerprint density at radius 1 is 1.00 bits per heavy atom. The van der Waals surface area contributed by atoms with Crippen molar-refractivity contribution < 1.29 is 14.3 Å². The molecule has 1 fully saturated rings. The highest BCUT2D eigenvalue weighted by Crippen LogP contribution is 2.38. The first-order chi connectivity index (χ1) is 13.3. The number of fused-ring (bicyclic) bond motifs is 2. The van der Waals surface area contributed by atoms with Crippen LogP contribution in [-0.4, -0.2) is 35.5 Å². The van der Waals surface area contributed by atoms with Crippen molar-refractivity contribution in [3.8, 4) is 11.5 Å². The average molecular weight is 362 g/mol. The molecule has 3 heterocycles. The molecule has 0 saturated carbocycles. The molecule has 1 aromatic heterocycles. The van der Waals surface area contributed by atoms with Gasteiger partial charge in [-0.15, -0.1) is 0 Å². The number of para-hydroxylation sites is 1. The lowest BCUT2D eigenvalue weighted by atomic mass is 10.0. The summed E-state index contributed by atoms with van der Waals surface area (Å²) in [6.07, 6.45) is 2.86. The zero-order valence-corrected chi connectivity index (χ0v) is 15.1. The van der Waals surface area contributed by atoms with Crippen molar-refractivity contribution >= 4 is 16.8 Å². The third kappa shape index (κ3) is 2.93. The highest BCUT2D eigenvalue weighted by atomic mass is 16.5. The van der Waals surface area contributed by atoms with Gasteiger partial charge in [0.25, 0.3) is 5.91 Å². The Labute approximate surface area is 157 Å². The Morgan fingerprint density at radius 2 is 1.85 bits per heavy atom. The maximum atomic E-state index is 13.2. The summed E-state index contributed by atoms with van der Waals surface area (Å²) in [7, 11) is 0. The molecular formula is C22H22N2O3. The zero-order valence-electron chi connectivity index (χ0n) is 15.1. The van der Waals surface area contributed by atoms with Gasteiger partial charge in [-0.05, 0) is 42.7 Å². The number of H-pyrrole nitrogens is 1. The quantitative estimate of drug-likeness (QED) is 0.739. The average Bonchev–Trinajstić information content (AvgIpc) is 3.29. The highest BCUT2D eigenvalue weighted by molar-refractivity contribution is 5.98. The van der Waals surface area contributed by atoms with Crippen LogP contribution in [0.5, 0.6) is 11.5 Å². The number of nitrogens with one attached hydrogen (secondary N) is 1. The lowest BCUT2D eigenvalue weighted by molar-refractivity contribution is 0.0730. The van der Waals surface area contributed by atoms with Crippen molar-refractivity contribution in [1.82, 2.24) is 9.88 Å². The van der Waals surface area contributed by atoms with E-state index >= 15 is 0 Å². The molecule has 2 aliphatic heterocycles. The number of carbonyl (C=O) groups is 1. The predicted octanol–water partition coefficient (Wildman–Crippen LogP) is 4.31. The van der Waals surface area contributed by atoms with E-state index in [1.165, 1.54) is 0 Å². The summed E-state index contributed by atoms with van der Waals surface area (Å²) in [4.78, 5) is 18.4. The number of likely N-dealkylation sites (tertiary alicyclic amines) is 1. The van der Waals surface area contributed by atoms with Crippen LogP contribution in [-0.2, 0) is 0 Å². The van der Waals surface area contributed by atoms with Crippen LogP contribution in [0, 0.1) is 0 Å². The number of nitrogens with zero attached hydrogens (tertiary/aromatic N) is 1. The van der Waals surface area contributed by atoms with Gasteiger partial charge in [0.2, 0.25) is 0 Å². The molecule has 5 heteroatoms. The van der Waals surface area contributed by atoms with Gasteiger partial charge in [-0.1, -0.05) is 24.3 Å². The molecule has 1 atom stereocenters. The normalized spacial score (nSPS) is 19.3. The number of hydrogen-bond acceptors (Lipinski definition) is 3. The fourth-order valence-corrected chi connectivity index (χ4v) is 4.09. The Kier molecular flexibility index (Phi) is 4.00. The fourth-order valence-electron chi connectivity index (χ4n) is 4.09. The lowest BCUT2D eigenvalue weighted by Gasteiger charge is -2.25. The first-order valence-electron chi connectivity index (χ1n) is 9.58. The Morgan fingerprint density at radius 3 is 2.74 bits per heavy atom. The zero-order chi connectivity index (χ0) is 18.2. The largest absolute Gasteiger partial charge is 0.490 e.